The van der Waals surface area contributed by atoms with Crippen LogP contribution in [0.5, 0.6) is 17.2 Å². The minimum atomic E-state index is -0.160. The monoisotopic (exact) mass is 248 g/mol. The normalized spacial score (nSPS) is 13.8. The number of aromatic hydroxyl groups is 2. The summed E-state index contributed by atoms with van der Waals surface area (Å²) < 4.78 is 5.28. The maximum atomic E-state index is 11.8. The van der Waals surface area contributed by atoms with Crippen molar-refractivity contribution in [3.8, 4) is 17.2 Å². The molecule has 2 rings (SSSR count). The Balaban J connectivity index is 2.51. The third kappa shape index (κ3) is 2.18. The summed E-state index contributed by atoms with van der Waals surface area (Å²) in [4.78, 5) is 11.8. The number of hydrogen-bond donors (Lipinski definition) is 2. The molecule has 1 aliphatic rings. The standard InChI is InChI=1S/C14H16O4/c1-8(2)3-4-9-11(16)7-12-13(14(9)17)10(15)5-6-18-12/h3,7,16-17H,4-6H2,1-2H3. The number of allylic oxidation sites excluding steroid dienone is 2. The van der Waals surface area contributed by atoms with Gasteiger partial charge in [-0.1, -0.05) is 11.6 Å². The third-order valence-corrected chi connectivity index (χ3v) is 2.93. The van der Waals surface area contributed by atoms with Crippen LogP contribution in [-0.4, -0.2) is 22.6 Å². The van der Waals surface area contributed by atoms with Crippen molar-refractivity contribution in [2.24, 2.45) is 0 Å². The number of hydrogen-bond acceptors (Lipinski definition) is 4. The number of carbonyl (C=O) groups is 1. The van der Waals surface area contributed by atoms with E-state index in [4.69, 9.17) is 4.74 Å². The number of benzene rings is 1. The molecule has 1 aromatic rings. The van der Waals surface area contributed by atoms with E-state index in [1.54, 1.807) is 0 Å². The van der Waals surface area contributed by atoms with Crippen molar-refractivity contribution >= 4 is 5.78 Å². The molecular weight excluding hydrogens is 232 g/mol. The van der Waals surface area contributed by atoms with Gasteiger partial charge in [-0.3, -0.25) is 4.79 Å². The summed E-state index contributed by atoms with van der Waals surface area (Å²) in [6, 6.07) is 1.40. The molecule has 4 nitrogen and oxygen atoms in total. The minimum Gasteiger partial charge on any atom is -0.507 e. The molecule has 1 aliphatic heterocycles. The summed E-state index contributed by atoms with van der Waals surface area (Å²) >= 11 is 0. The van der Waals surface area contributed by atoms with Gasteiger partial charge in [-0.25, -0.2) is 0 Å². The quantitative estimate of drug-likeness (QED) is 0.789. The van der Waals surface area contributed by atoms with E-state index >= 15 is 0 Å². The summed E-state index contributed by atoms with van der Waals surface area (Å²) in [7, 11) is 0. The molecule has 1 aromatic carbocycles. The van der Waals surface area contributed by atoms with Gasteiger partial charge < -0.3 is 14.9 Å². The van der Waals surface area contributed by atoms with E-state index in [1.165, 1.54) is 6.07 Å². The topological polar surface area (TPSA) is 66.8 Å². The summed E-state index contributed by atoms with van der Waals surface area (Å²) in [5.41, 5.74) is 1.64. The summed E-state index contributed by atoms with van der Waals surface area (Å²) in [6.07, 6.45) is 2.53. The highest BCUT2D eigenvalue weighted by atomic mass is 16.5. The lowest BCUT2D eigenvalue weighted by Crippen LogP contribution is -2.16. The first-order chi connectivity index (χ1) is 8.50. The van der Waals surface area contributed by atoms with Gasteiger partial charge in [-0.15, -0.1) is 0 Å². The Labute approximate surface area is 106 Å². The summed E-state index contributed by atoms with van der Waals surface area (Å²) in [5.74, 6) is -0.0833. The molecular formula is C14H16O4. The molecule has 0 saturated carbocycles. The van der Waals surface area contributed by atoms with Crippen LogP contribution in [0, 0.1) is 0 Å². The molecule has 0 amide bonds. The van der Waals surface area contributed by atoms with E-state index in [2.05, 4.69) is 0 Å². The molecule has 0 aliphatic carbocycles. The Bertz CT molecular complexity index is 525. The van der Waals surface area contributed by atoms with E-state index in [1.807, 2.05) is 19.9 Å². The van der Waals surface area contributed by atoms with E-state index in [-0.39, 0.29) is 41.6 Å². The van der Waals surface area contributed by atoms with Gasteiger partial charge in [0.25, 0.3) is 0 Å². The molecule has 0 bridgehead atoms. The van der Waals surface area contributed by atoms with Crippen molar-refractivity contribution in [3.63, 3.8) is 0 Å². The van der Waals surface area contributed by atoms with Crippen LogP contribution in [0.3, 0.4) is 0 Å². The van der Waals surface area contributed by atoms with Gasteiger partial charge in [-0.05, 0) is 20.3 Å². The molecule has 2 N–H and O–H groups in total. The van der Waals surface area contributed by atoms with Gasteiger partial charge in [0, 0.05) is 18.1 Å². The van der Waals surface area contributed by atoms with E-state index < -0.39 is 0 Å². The van der Waals surface area contributed by atoms with Gasteiger partial charge in [0.05, 0.1) is 6.61 Å². The fourth-order valence-electron chi connectivity index (χ4n) is 1.94. The molecule has 0 spiro atoms. The molecule has 0 fully saturated rings. The van der Waals surface area contributed by atoms with Crippen LogP contribution in [0.1, 0.15) is 36.2 Å². The second-order valence-electron chi connectivity index (χ2n) is 4.60. The number of phenols is 2. The molecule has 18 heavy (non-hydrogen) atoms. The van der Waals surface area contributed by atoms with Gasteiger partial charge in [0.15, 0.2) is 5.78 Å². The Kier molecular flexibility index (Phi) is 3.28. The van der Waals surface area contributed by atoms with Crippen LogP contribution in [0.15, 0.2) is 17.7 Å². The maximum absolute atomic E-state index is 11.8. The van der Waals surface area contributed by atoms with Crippen LogP contribution in [0.2, 0.25) is 0 Å². The van der Waals surface area contributed by atoms with Crippen LogP contribution >= 0.6 is 0 Å². The van der Waals surface area contributed by atoms with Crippen molar-refractivity contribution in [2.45, 2.75) is 26.7 Å². The molecule has 0 radical (unpaired) electrons. The average Bonchev–Trinajstić information content (AvgIpc) is 2.27. The second kappa shape index (κ2) is 4.72. The molecule has 96 valence electrons. The number of fused-ring (bicyclic) bond motifs is 1. The largest absolute Gasteiger partial charge is 0.507 e. The molecule has 0 unspecified atom stereocenters. The minimum absolute atomic E-state index is 0.0431. The van der Waals surface area contributed by atoms with Crippen LogP contribution < -0.4 is 4.74 Å². The third-order valence-electron chi connectivity index (χ3n) is 2.93. The lowest BCUT2D eigenvalue weighted by Gasteiger charge is -2.19. The van der Waals surface area contributed by atoms with Crippen molar-refractivity contribution in [1.29, 1.82) is 0 Å². The van der Waals surface area contributed by atoms with Gasteiger partial charge >= 0.3 is 0 Å². The van der Waals surface area contributed by atoms with Crippen LogP contribution in [0.25, 0.3) is 0 Å². The van der Waals surface area contributed by atoms with Crippen molar-refractivity contribution < 1.29 is 19.7 Å². The molecule has 0 atom stereocenters. The predicted molar refractivity (Wildman–Crippen MR) is 67.3 cm³/mol. The lowest BCUT2D eigenvalue weighted by molar-refractivity contribution is 0.0929. The zero-order valence-electron chi connectivity index (χ0n) is 10.5. The van der Waals surface area contributed by atoms with E-state index in [0.29, 0.717) is 12.0 Å². The number of ketones is 1. The Hall–Kier alpha value is -1.97. The SMILES string of the molecule is CC(C)=CCc1c(O)cc2c(c1O)C(=O)CCO2. The number of carbonyl (C=O) groups excluding carboxylic acids is 1. The first-order valence-electron chi connectivity index (χ1n) is 5.88. The Morgan fingerprint density at radius 2 is 2.17 bits per heavy atom. The van der Waals surface area contributed by atoms with Gasteiger partial charge in [0.1, 0.15) is 22.8 Å². The average molecular weight is 248 g/mol. The first-order valence-corrected chi connectivity index (χ1v) is 5.88. The van der Waals surface area contributed by atoms with Crippen LogP contribution in [0.4, 0.5) is 0 Å². The zero-order chi connectivity index (χ0) is 13.3. The molecule has 1 heterocycles. The Morgan fingerprint density at radius 1 is 1.44 bits per heavy atom. The smallest absolute Gasteiger partial charge is 0.173 e. The van der Waals surface area contributed by atoms with Gasteiger partial charge in [0.2, 0.25) is 0 Å². The predicted octanol–water partition coefficient (Wildman–Crippen LogP) is 2.57. The summed E-state index contributed by atoms with van der Waals surface area (Å²) in [6.45, 7) is 4.15. The van der Waals surface area contributed by atoms with E-state index in [9.17, 15) is 15.0 Å². The van der Waals surface area contributed by atoms with Crippen molar-refractivity contribution in [2.75, 3.05) is 6.61 Å². The molecule has 4 heteroatoms. The summed E-state index contributed by atoms with van der Waals surface area (Å²) in [5, 5.41) is 20.0. The number of Topliss-reactive ketones (excluding diaryl/α,β-unsaturated/α-hetero) is 1. The van der Waals surface area contributed by atoms with Gasteiger partial charge in [-0.2, -0.15) is 0 Å². The highest BCUT2D eigenvalue weighted by molar-refractivity contribution is 6.02. The zero-order valence-corrected chi connectivity index (χ0v) is 10.5. The number of rotatable bonds is 2. The fraction of sp³-hybridized carbons (Fsp3) is 0.357. The van der Waals surface area contributed by atoms with E-state index in [0.717, 1.165) is 5.57 Å². The number of ether oxygens (including phenoxy) is 1. The highest BCUT2D eigenvalue weighted by Crippen LogP contribution is 2.40. The first kappa shape index (κ1) is 12.5. The molecule has 0 aromatic heterocycles. The van der Waals surface area contributed by atoms with Crippen molar-refractivity contribution in [1.82, 2.24) is 0 Å². The fourth-order valence-corrected chi connectivity index (χ4v) is 1.94. The van der Waals surface area contributed by atoms with Crippen molar-refractivity contribution in [3.05, 3.63) is 28.8 Å². The maximum Gasteiger partial charge on any atom is 0.173 e. The second-order valence-corrected chi connectivity index (χ2v) is 4.60. The lowest BCUT2D eigenvalue weighted by atomic mass is 9.97. The molecule has 0 saturated heterocycles. The number of phenolic OH excluding ortho intramolecular Hbond substituents is 2. The Morgan fingerprint density at radius 3 is 2.83 bits per heavy atom. The highest BCUT2D eigenvalue weighted by Gasteiger charge is 2.26. The van der Waals surface area contributed by atoms with Crippen LogP contribution in [-0.2, 0) is 6.42 Å².